The third kappa shape index (κ3) is 6.67. The van der Waals surface area contributed by atoms with Crippen LogP contribution in [0.25, 0.3) is 43.9 Å². The van der Waals surface area contributed by atoms with Crippen molar-refractivity contribution >= 4 is 78.0 Å². The molecule has 76 heavy (non-hydrogen) atoms. The van der Waals surface area contributed by atoms with E-state index in [9.17, 15) is 0 Å². The molecule has 2 aliphatic heterocycles. The van der Waals surface area contributed by atoms with E-state index in [4.69, 9.17) is 4.42 Å². The summed E-state index contributed by atoms with van der Waals surface area (Å²) in [7, 11) is 0. The van der Waals surface area contributed by atoms with Crippen molar-refractivity contribution in [2.24, 2.45) is 0 Å². The first kappa shape index (κ1) is 47.1. The molecule has 1 atom stereocenters. The summed E-state index contributed by atoms with van der Waals surface area (Å²) in [5, 5.41) is 1.29. The fraction of sp³-hybridized carbons (Fsp3) is 0.239. The Balaban J connectivity index is 1.09. The van der Waals surface area contributed by atoms with Crippen LogP contribution < -0.4 is 25.5 Å². The number of fused-ring (bicyclic) bond motifs is 16. The minimum Gasteiger partial charge on any atom is -0.456 e. The number of rotatable bonds is 3. The quantitative estimate of drug-likeness (QED) is 0.164. The summed E-state index contributed by atoms with van der Waals surface area (Å²) < 4.78 is 9.71. The van der Waals surface area contributed by atoms with Crippen LogP contribution in [0.5, 0.6) is 0 Å². The van der Waals surface area contributed by atoms with Gasteiger partial charge in [0.15, 0.2) is 0 Å². The van der Waals surface area contributed by atoms with Gasteiger partial charge in [-0.15, -0.1) is 11.3 Å². The molecule has 0 N–H and O–H groups in total. The zero-order valence-electron chi connectivity index (χ0n) is 46.0. The first-order valence-corrected chi connectivity index (χ1v) is 28.2. The predicted octanol–water partition coefficient (Wildman–Crippen LogP) is 17.8. The van der Waals surface area contributed by atoms with Crippen molar-refractivity contribution in [1.82, 2.24) is 0 Å². The second-order valence-corrected chi connectivity index (χ2v) is 27.3. The Morgan fingerprint density at radius 1 is 0.434 bits per heavy atom. The van der Waals surface area contributed by atoms with Crippen molar-refractivity contribution in [1.29, 1.82) is 0 Å². The lowest BCUT2D eigenvalue weighted by Gasteiger charge is -2.44. The highest BCUT2D eigenvalue weighted by Crippen LogP contribution is 2.65. The van der Waals surface area contributed by atoms with Crippen LogP contribution in [0.4, 0.5) is 34.1 Å². The second kappa shape index (κ2) is 15.9. The van der Waals surface area contributed by atoms with Gasteiger partial charge in [-0.05, 0) is 143 Å². The minimum atomic E-state index is -0.558. The highest BCUT2D eigenvalue weighted by molar-refractivity contribution is 7.33. The first-order valence-electron chi connectivity index (χ1n) is 27.4. The Morgan fingerprint density at radius 3 is 1.58 bits per heavy atom. The summed E-state index contributed by atoms with van der Waals surface area (Å²) >= 11 is 2.00. The van der Waals surface area contributed by atoms with Crippen molar-refractivity contribution < 1.29 is 4.42 Å². The van der Waals surface area contributed by atoms with Gasteiger partial charge in [0.25, 0.3) is 6.71 Å². The zero-order valence-corrected chi connectivity index (χ0v) is 46.8. The summed E-state index contributed by atoms with van der Waals surface area (Å²) in [5.41, 5.74) is 24.7. The van der Waals surface area contributed by atoms with Crippen LogP contribution in [0.3, 0.4) is 0 Å². The van der Waals surface area contributed by atoms with E-state index in [1.807, 2.05) is 11.3 Å². The molecule has 5 heteroatoms. The van der Waals surface area contributed by atoms with E-state index in [0.717, 1.165) is 17.1 Å². The number of hydrogen-bond donors (Lipinski definition) is 0. The van der Waals surface area contributed by atoms with E-state index in [2.05, 4.69) is 269 Å². The fourth-order valence-electron chi connectivity index (χ4n) is 13.3. The van der Waals surface area contributed by atoms with Crippen molar-refractivity contribution in [3.8, 4) is 33.8 Å². The van der Waals surface area contributed by atoms with Gasteiger partial charge in [-0.1, -0.05) is 198 Å². The van der Waals surface area contributed by atoms with Crippen LogP contribution in [0.1, 0.15) is 128 Å². The molecule has 4 heterocycles. The SMILES string of the molecule is CC(C)(C)c1ccc(N2c3cc(C(C)(C)C)ccc3B3c4sc5cc6c(cc5c4N(c4ccc(C(C)(C)C)cc4)c4cc(C(C)(C)C)cc2c43)-c2ccccc2C62c3ccccc3-c3oc(-c4ccccc4)cc32)cc1. The van der Waals surface area contributed by atoms with Gasteiger partial charge >= 0.3 is 0 Å². The molecule has 0 saturated heterocycles. The van der Waals surface area contributed by atoms with Gasteiger partial charge in [-0.2, -0.15) is 0 Å². The van der Waals surface area contributed by atoms with Crippen LogP contribution in [-0.4, -0.2) is 6.71 Å². The normalized spacial score (nSPS) is 16.1. The summed E-state index contributed by atoms with van der Waals surface area (Å²) in [6.45, 7) is 28.0. The number of hydrogen-bond acceptors (Lipinski definition) is 4. The number of nitrogens with zero attached hydrogens (tertiary/aromatic N) is 2. The average Bonchev–Trinajstić information content (AvgIpc) is 3.78. The largest absolute Gasteiger partial charge is 0.456 e. The van der Waals surface area contributed by atoms with Crippen LogP contribution in [-0.2, 0) is 27.1 Å². The Labute approximate surface area is 454 Å². The smallest absolute Gasteiger partial charge is 0.264 e. The molecule has 10 aromatic rings. The van der Waals surface area contributed by atoms with Gasteiger partial charge < -0.3 is 14.2 Å². The summed E-state index contributed by atoms with van der Waals surface area (Å²) in [6, 6.07) is 67.7. The van der Waals surface area contributed by atoms with Crippen molar-refractivity contribution in [3.63, 3.8) is 0 Å². The van der Waals surface area contributed by atoms with E-state index >= 15 is 0 Å². The third-order valence-electron chi connectivity index (χ3n) is 17.3. The molecule has 2 aromatic heterocycles. The van der Waals surface area contributed by atoms with Crippen molar-refractivity contribution in [2.75, 3.05) is 9.80 Å². The highest BCUT2D eigenvalue weighted by atomic mass is 32.1. The number of benzene rings is 8. The third-order valence-corrected chi connectivity index (χ3v) is 18.5. The fourth-order valence-corrected chi connectivity index (χ4v) is 14.6. The standard InChI is InChI=1S/C71H65BN2OS/c1-67(2,3)43-26-31-47(32-27-43)73-58-36-45(69(7,8)9)30-35-57(58)72-63-59(73)37-46(70(10,11)12)38-60(63)74(48-33-28-44(29-34-48)68(4,5)6)64-52-39-51-49-22-16-18-24-53(49)71(55(51)41-62(52)76-66(64)72)54-25-19-17-23-50(54)65-56(71)40-61(75-65)42-20-14-13-15-21-42/h13-41H,1-12H3. The second-order valence-electron chi connectivity index (χ2n) is 26.2. The van der Waals surface area contributed by atoms with E-state index in [0.29, 0.717) is 0 Å². The van der Waals surface area contributed by atoms with E-state index in [-0.39, 0.29) is 28.4 Å². The minimum absolute atomic E-state index is 0.00913. The molecule has 0 saturated carbocycles. The lowest BCUT2D eigenvalue weighted by atomic mass is 9.36. The molecule has 1 spiro atoms. The van der Waals surface area contributed by atoms with Gasteiger partial charge in [-0.3, -0.25) is 0 Å². The Hall–Kier alpha value is -7.34. The van der Waals surface area contributed by atoms with Gasteiger partial charge in [0.2, 0.25) is 0 Å². The van der Waals surface area contributed by atoms with Crippen LogP contribution in [0.2, 0.25) is 0 Å². The van der Waals surface area contributed by atoms with E-state index < -0.39 is 5.41 Å². The van der Waals surface area contributed by atoms with Gasteiger partial charge in [0.1, 0.15) is 11.5 Å². The van der Waals surface area contributed by atoms with Crippen molar-refractivity contribution in [2.45, 2.75) is 110 Å². The molecule has 14 rings (SSSR count). The van der Waals surface area contributed by atoms with E-state index in [1.165, 1.54) is 121 Å². The Kier molecular flexibility index (Phi) is 9.84. The van der Waals surface area contributed by atoms with Gasteiger partial charge in [0, 0.05) is 60.0 Å². The Bertz CT molecular complexity index is 4040. The maximum absolute atomic E-state index is 7.03. The summed E-state index contributed by atoms with van der Waals surface area (Å²) in [4.78, 5) is 5.27. The van der Waals surface area contributed by atoms with Gasteiger partial charge in [-0.25, -0.2) is 0 Å². The lowest BCUT2D eigenvalue weighted by molar-refractivity contribution is 0.589. The number of thiophene rings is 1. The first-order chi connectivity index (χ1) is 36.2. The molecular weight excluding hydrogens is 940 g/mol. The molecule has 0 bridgehead atoms. The molecule has 4 aliphatic rings. The maximum atomic E-state index is 7.03. The molecule has 0 amide bonds. The average molecular weight is 1010 g/mol. The molecule has 2 aliphatic carbocycles. The maximum Gasteiger partial charge on any atom is 0.264 e. The molecular formula is C71H65BN2OS. The Morgan fingerprint density at radius 2 is 0.961 bits per heavy atom. The number of anilines is 6. The molecule has 374 valence electrons. The molecule has 8 aromatic carbocycles. The topological polar surface area (TPSA) is 19.6 Å². The predicted molar refractivity (Wildman–Crippen MR) is 325 cm³/mol. The highest BCUT2D eigenvalue weighted by Gasteiger charge is 2.55. The molecule has 0 fully saturated rings. The molecule has 3 nitrogen and oxygen atoms in total. The number of furan rings is 1. The van der Waals surface area contributed by atoms with Crippen LogP contribution in [0.15, 0.2) is 180 Å². The van der Waals surface area contributed by atoms with Crippen molar-refractivity contribution in [3.05, 3.63) is 220 Å². The summed E-state index contributed by atoms with van der Waals surface area (Å²) in [5.74, 6) is 1.87. The van der Waals surface area contributed by atoms with Crippen LogP contribution >= 0.6 is 11.3 Å². The van der Waals surface area contributed by atoms with E-state index in [1.54, 1.807) is 0 Å². The summed E-state index contributed by atoms with van der Waals surface area (Å²) in [6.07, 6.45) is 0. The monoisotopic (exact) mass is 1000 g/mol. The molecule has 0 radical (unpaired) electrons. The lowest BCUT2D eigenvalue weighted by Crippen LogP contribution is -2.60. The molecule has 1 unspecified atom stereocenters. The van der Waals surface area contributed by atoms with Gasteiger partial charge in [0.05, 0.1) is 11.1 Å². The van der Waals surface area contributed by atoms with Crippen LogP contribution in [0, 0.1) is 0 Å². The zero-order chi connectivity index (χ0) is 52.6.